The molecule has 2 fully saturated rings. The minimum atomic E-state index is 0.260. The highest BCUT2D eigenvalue weighted by Gasteiger charge is 2.33. The molecule has 0 unspecified atom stereocenters. The Morgan fingerprint density at radius 1 is 1.23 bits per heavy atom. The highest BCUT2D eigenvalue weighted by Crippen LogP contribution is 2.31. The number of hydrogen-bond acceptors (Lipinski definition) is 3. The van der Waals surface area contributed by atoms with Crippen molar-refractivity contribution in [1.82, 2.24) is 15.1 Å². The van der Waals surface area contributed by atoms with E-state index >= 15 is 0 Å². The first kappa shape index (κ1) is 17.4. The molecule has 138 valence electrons. The van der Waals surface area contributed by atoms with Crippen LogP contribution in [-0.4, -0.2) is 34.1 Å². The Hall–Kier alpha value is -2.01. The van der Waals surface area contributed by atoms with Gasteiger partial charge in [0.1, 0.15) is 12.4 Å². The van der Waals surface area contributed by atoms with Gasteiger partial charge in [0.05, 0.1) is 11.4 Å². The quantitative estimate of drug-likeness (QED) is 0.856. The van der Waals surface area contributed by atoms with Crippen molar-refractivity contribution < 1.29 is 9.53 Å². The normalized spacial score (nSPS) is 20.7. The average Bonchev–Trinajstić information content (AvgIpc) is 3.41. The van der Waals surface area contributed by atoms with Crippen molar-refractivity contribution in [1.29, 1.82) is 0 Å². The summed E-state index contributed by atoms with van der Waals surface area (Å²) in [4.78, 5) is 14.6. The summed E-state index contributed by atoms with van der Waals surface area (Å²) in [6.07, 6.45) is 5.51. The zero-order chi connectivity index (χ0) is 17.9. The van der Waals surface area contributed by atoms with Gasteiger partial charge in [0, 0.05) is 29.9 Å². The van der Waals surface area contributed by atoms with Crippen LogP contribution in [0.25, 0.3) is 0 Å². The van der Waals surface area contributed by atoms with Gasteiger partial charge in [-0.1, -0.05) is 24.4 Å². The highest BCUT2D eigenvalue weighted by atomic mass is 35.5. The smallest absolute Gasteiger partial charge is 0.225 e. The van der Waals surface area contributed by atoms with E-state index in [0.29, 0.717) is 23.5 Å². The van der Waals surface area contributed by atoms with Gasteiger partial charge in [-0.2, -0.15) is 5.10 Å². The molecule has 0 spiro atoms. The van der Waals surface area contributed by atoms with E-state index in [0.717, 1.165) is 49.5 Å². The molecule has 0 radical (unpaired) electrons. The number of H-pyrrole nitrogens is 1. The van der Waals surface area contributed by atoms with E-state index in [9.17, 15) is 4.79 Å². The van der Waals surface area contributed by atoms with Gasteiger partial charge in [-0.25, -0.2) is 0 Å². The molecular weight excluding hydrogens is 350 g/mol. The number of halogens is 1. The average molecular weight is 374 g/mol. The van der Waals surface area contributed by atoms with Crippen molar-refractivity contribution in [3.63, 3.8) is 0 Å². The van der Waals surface area contributed by atoms with E-state index in [-0.39, 0.29) is 5.92 Å². The molecule has 1 amide bonds. The van der Waals surface area contributed by atoms with Crippen molar-refractivity contribution in [3.05, 3.63) is 46.7 Å². The second-order valence-corrected chi connectivity index (χ2v) is 7.75. The van der Waals surface area contributed by atoms with Crippen molar-refractivity contribution in [2.24, 2.45) is 5.92 Å². The van der Waals surface area contributed by atoms with Crippen molar-refractivity contribution in [3.8, 4) is 5.75 Å². The lowest BCUT2D eigenvalue weighted by atomic mass is 10.0. The monoisotopic (exact) mass is 373 g/mol. The van der Waals surface area contributed by atoms with Crippen LogP contribution in [0, 0.1) is 5.92 Å². The molecular formula is C20H24ClN3O2. The standard InChI is InChI=1S/C20H24ClN3O2/c21-16-5-7-18(8-6-16)26-13-17-11-19(23-22-17)15-9-10-24(12-15)20(25)14-3-1-2-4-14/h5-8,11,14-15H,1-4,9-10,12-13H2,(H,22,23)/t15-/m1/s1. The first-order chi connectivity index (χ1) is 12.7. The number of hydrogen-bond donors (Lipinski definition) is 1. The van der Waals surface area contributed by atoms with Gasteiger partial charge in [0.25, 0.3) is 0 Å². The Morgan fingerprint density at radius 3 is 2.77 bits per heavy atom. The predicted octanol–water partition coefficient (Wildman–Crippen LogP) is 4.15. The predicted molar refractivity (Wildman–Crippen MR) is 100 cm³/mol. The highest BCUT2D eigenvalue weighted by molar-refractivity contribution is 6.30. The molecule has 1 atom stereocenters. The number of ether oxygens (including phenoxy) is 1. The molecule has 26 heavy (non-hydrogen) atoms. The summed E-state index contributed by atoms with van der Waals surface area (Å²) in [5.74, 6) is 1.71. The molecule has 0 bridgehead atoms. The van der Waals surface area contributed by atoms with Crippen LogP contribution in [-0.2, 0) is 11.4 Å². The van der Waals surface area contributed by atoms with Crippen LogP contribution >= 0.6 is 11.6 Å². The summed E-state index contributed by atoms with van der Waals surface area (Å²) in [6, 6.07) is 9.38. The Bertz CT molecular complexity index is 753. The minimum Gasteiger partial charge on any atom is -0.487 e. The molecule has 4 rings (SSSR count). The summed E-state index contributed by atoms with van der Waals surface area (Å²) in [5.41, 5.74) is 1.97. The lowest BCUT2D eigenvalue weighted by Gasteiger charge is -2.20. The van der Waals surface area contributed by atoms with Crippen molar-refractivity contribution in [2.75, 3.05) is 13.1 Å². The van der Waals surface area contributed by atoms with E-state index in [4.69, 9.17) is 16.3 Å². The van der Waals surface area contributed by atoms with Crippen LogP contribution in [0.5, 0.6) is 5.75 Å². The zero-order valence-electron chi connectivity index (χ0n) is 14.8. The fraction of sp³-hybridized carbons (Fsp3) is 0.500. The number of carbonyl (C=O) groups is 1. The number of nitrogens with one attached hydrogen (secondary N) is 1. The van der Waals surface area contributed by atoms with Gasteiger partial charge in [-0.15, -0.1) is 0 Å². The SMILES string of the molecule is O=C(C1CCCC1)N1CC[C@@H](c2cc(COc3ccc(Cl)cc3)[nH]n2)C1. The molecule has 1 aromatic carbocycles. The van der Waals surface area contributed by atoms with E-state index < -0.39 is 0 Å². The van der Waals surface area contributed by atoms with Gasteiger partial charge < -0.3 is 9.64 Å². The van der Waals surface area contributed by atoms with E-state index in [1.165, 1.54) is 12.8 Å². The van der Waals surface area contributed by atoms with Crippen molar-refractivity contribution in [2.45, 2.75) is 44.6 Å². The third-order valence-corrected chi connectivity index (χ3v) is 5.73. The number of benzene rings is 1. The molecule has 2 aliphatic rings. The number of rotatable bonds is 5. The zero-order valence-corrected chi connectivity index (χ0v) is 15.5. The lowest BCUT2D eigenvalue weighted by Crippen LogP contribution is -2.33. The maximum absolute atomic E-state index is 12.6. The molecule has 1 aliphatic heterocycles. The molecule has 1 aliphatic carbocycles. The maximum Gasteiger partial charge on any atom is 0.225 e. The number of aromatic nitrogens is 2. The minimum absolute atomic E-state index is 0.260. The molecule has 5 nitrogen and oxygen atoms in total. The Balaban J connectivity index is 1.31. The van der Waals surface area contributed by atoms with E-state index in [2.05, 4.69) is 16.3 Å². The summed E-state index contributed by atoms with van der Waals surface area (Å²) in [6.45, 7) is 2.08. The number of carbonyl (C=O) groups excluding carboxylic acids is 1. The van der Waals surface area contributed by atoms with Crippen LogP contribution < -0.4 is 4.74 Å². The van der Waals surface area contributed by atoms with Gasteiger partial charge in [-0.3, -0.25) is 9.89 Å². The number of amides is 1. The van der Waals surface area contributed by atoms with Crippen LogP contribution in [0.15, 0.2) is 30.3 Å². The second kappa shape index (κ2) is 7.70. The molecule has 1 N–H and O–H groups in total. The first-order valence-electron chi connectivity index (χ1n) is 9.40. The summed E-state index contributed by atoms with van der Waals surface area (Å²) in [5, 5.41) is 8.20. The lowest BCUT2D eigenvalue weighted by molar-refractivity contribution is -0.134. The Labute approximate surface area is 158 Å². The summed E-state index contributed by atoms with van der Waals surface area (Å²) >= 11 is 5.88. The Morgan fingerprint density at radius 2 is 2.00 bits per heavy atom. The molecule has 1 aromatic heterocycles. The van der Waals surface area contributed by atoms with Gasteiger partial charge >= 0.3 is 0 Å². The van der Waals surface area contributed by atoms with Crippen LogP contribution in [0.2, 0.25) is 5.02 Å². The summed E-state index contributed by atoms with van der Waals surface area (Å²) < 4.78 is 5.76. The first-order valence-corrected chi connectivity index (χ1v) is 9.78. The number of nitrogens with zero attached hydrogens (tertiary/aromatic N) is 2. The van der Waals surface area contributed by atoms with Crippen LogP contribution in [0.4, 0.5) is 0 Å². The van der Waals surface area contributed by atoms with Gasteiger partial charge in [-0.05, 0) is 49.6 Å². The van der Waals surface area contributed by atoms with Crippen LogP contribution in [0.3, 0.4) is 0 Å². The number of aromatic amines is 1. The summed E-state index contributed by atoms with van der Waals surface area (Å²) in [7, 11) is 0. The third kappa shape index (κ3) is 3.88. The van der Waals surface area contributed by atoms with Crippen molar-refractivity contribution >= 4 is 17.5 Å². The molecule has 6 heteroatoms. The third-order valence-electron chi connectivity index (χ3n) is 5.48. The largest absolute Gasteiger partial charge is 0.487 e. The molecule has 1 saturated heterocycles. The molecule has 2 heterocycles. The van der Waals surface area contributed by atoms with Gasteiger partial charge in [0.2, 0.25) is 5.91 Å². The topological polar surface area (TPSA) is 58.2 Å². The number of likely N-dealkylation sites (tertiary alicyclic amines) is 1. The fourth-order valence-electron chi connectivity index (χ4n) is 3.99. The van der Waals surface area contributed by atoms with Gasteiger partial charge in [0.15, 0.2) is 0 Å². The molecule has 2 aromatic rings. The Kier molecular flexibility index (Phi) is 5.16. The van der Waals surface area contributed by atoms with E-state index in [1.54, 1.807) is 0 Å². The molecule has 1 saturated carbocycles. The van der Waals surface area contributed by atoms with Crippen LogP contribution in [0.1, 0.15) is 49.4 Å². The maximum atomic E-state index is 12.6. The second-order valence-electron chi connectivity index (χ2n) is 7.31. The van der Waals surface area contributed by atoms with E-state index in [1.807, 2.05) is 29.2 Å². The fourth-order valence-corrected chi connectivity index (χ4v) is 4.11.